The Bertz CT molecular complexity index is 929. The molecule has 0 radical (unpaired) electrons. The summed E-state index contributed by atoms with van der Waals surface area (Å²) in [6.45, 7) is -0.0968. The van der Waals surface area contributed by atoms with Crippen LogP contribution in [0.3, 0.4) is 0 Å². The van der Waals surface area contributed by atoms with Gasteiger partial charge in [-0.1, -0.05) is 23.7 Å². The van der Waals surface area contributed by atoms with Crippen LogP contribution in [0.25, 0.3) is 5.69 Å². The first-order chi connectivity index (χ1) is 12.5. The molecule has 0 aliphatic carbocycles. The predicted molar refractivity (Wildman–Crippen MR) is 96.2 cm³/mol. The van der Waals surface area contributed by atoms with Crippen LogP contribution in [0.2, 0.25) is 5.02 Å². The molecule has 0 fully saturated rings. The molecule has 0 bridgehead atoms. The molecule has 0 aliphatic rings. The molecule has 132 valence electrons. The molecule has 0 saturated carbocycles. The van der Waals surface area contributed by atoms with Crippen LogP contribution >= 0.6 is 11.6 Å². The molecule has 3 rings (SSSR count). The van der Waals surface area contributed by atoms with Gasteiger partial charge in [0.1, 0.15) is 6.33 Å². The fourth-order valence-electron chi connectivity index (χ4n) is 2.34. The van der Waals surface area contributed by atoms with Gasteiger partial charge >= 0.3 is 0 Å². The molecule has 2 aromatic carbocycles. The minimum absolute atomic E-state index is 0.0968. The number of nitrogens with zero attached hydrogens (tertiary/aromatic N) is 5. The highest BCUT2D eigenvalue weighted by Crippen LogP contribution is 2.15. The molecule has 1 aromatic heterocycles. The van der Waals surface area contributed by atoms with Crippen LogP contribution in [-0.2, 0) is 4.79 Å². The number of carbonyl (C=O) groups is 2. The Kier molecular flexibility index (Phi) is 5.23. The lowest BCUT2D eigenvalue weighted by atomic mass is 10.2. The van der Waals surface area contributed by atoms with Crippen LogP contribution in [-0.4, -0.2) is 50.5 Å². The van der Waals surface area contributed by atoms with Crippen molar-refractivity contribution in [2.24, 2.45) is 0 Å². The number of rotatable bonds is 5. The van der Waals surface area contributed by atoms with Crippen LogP contribution in [0.5, 0.6) is 0 Å². The average molecular weight is 371 g/mol. The third kappa shape index (κ3) is 4.22. The van der Waals surface area contributed by atoms with E-state index in [-0.39, 0.29) is 18.4 Å². The fourth-order valence-corrected chi connectivity index (χ4v) is 2.53. The van der Waals surface area contributed by atoms with Crippen molar-refractivity contribution in [3.63, 3.8) is 0 Å². The Labute approximate surface area is 154 Å². The fraction of sp³-hybridized carbons (Fsp3) is 0.118. The van der Waals surface area contributed by atoms with E-state index < -0.39 is 0 Å². The van der Waals surface area contributed by atoms with Crippen LogP contribution in [0, 0.1) is 0 Å². The van der Waals surface area contributed by atoms with E-state index in [9.17, 15) is 9.59 Å². The lowest BCUT2D eigenvalue weighted by Crippen LogP contribution is -2.35. The highest BCUT2D eigenvalue weighted by atomic mass is 35.5. The summed E-state index contributed by atoms with van der Waals surface area (Å²) in [6, 6.07) is 13.6. The van der Waals surface area contributed by atoms with Crippen LogP contribution in [0.15, 0.2) is 54.9 Å². The zero-order chi connectivity index (χ0) is 18.5. The quantitative estimate of drug-likeness (QED) is 0.741. The molecule has 0 unspecified atom stereocenters. The molecule has 0 aliphatic heterocycles. The Balaban J connectivity index is 1.66. The van der Waals surface area contributed by atoms with Crippen molar-refractivity contribution in [2.45, 2.75) is 0 Å². The van der Waals surface area contributed by atoms with Crippen molar-refractivity contribution < 1.29 is 9.59 Å². The first-order valence-electron chi connectivity index (χ1n) is 7.67. The van der Waals surface area contributed by atoms with Crippen molar-refractivity contribution >= 4 is 29.1 Å². The van der Waals surface area contributed by atoms with E-state index in [1.807, 2.05) is 0 Å². The Morgan fingerprint density at radius 1 is 1.19 bits per heavy atom. The Morgan fingerprint density at radius 3 is 2.73 bits per heavy atom. The van der Waals surface area contributed by atoms with Crippen molar-refractivity contribution in [1.29, 1.82) is 0 Å². The van der Waals surface area contributed by atoms with E-state index in [4.69, 9.17) is 11.6 Å². The predicted octanol–water partition coefficient (Wildman–Crippen LogP) is 2.03. The van der Waals surface area contributed by atoms with Crippen LogP contribution in [0.1, 0.15) is 10.4 Å². The number of hydrogen-bond donors (Lipinski definition) is 1. The molecule has 0 atom stereocenters. The standard InChI is InChI=1S/C17H15ClN6O2/c1-23(10-16(25)20-14-6-3-5-13(18)9-14)17(26)12-4-2-7-15(8-12)24-11-19-21-22-24/h2-9,11H,10H2,1H3,(H,20,25). The zero-order valence-corrected chi connectivity index (χ0v) is 14.6. The summed E-state index contributed by atoms with van der Waals surface area (Å²) in [6.07, 6.45) is 1.44. The number of carbonyl (C=O) groups excluding carboxylic acids is 2. The number of amides is 2. The maximum atomic E-state index is 12.6. The third-order valence-corrected chi connectivity index (χ3v) is 3.78. The second-order valence-corrected chi connectivity index (χ2v) is 5.96. The summed E-state index contributed by atoms with van der Waals surface area (Å²) < 4.78 is 1.45. The minimum Gasteiger partial charge on any atom is -0.332 e. The molecule has 8 nitrogen and oxygen atoms in total. The molecular formula is C17H15ClN6O2. The number of benzene rings is 2. The largest absolute Gasteiger partial charge is 0.332 e. The summed E-state index contributed by atoms with van der Waals surface area (Å²) in [5.41, 5.74) is 1.65. The molecule has 1 heterocycles. The van der Waals surface area contributed by atoms with Crippen molar-refractivity contribution in [2.75, 3.05) is 18.9 Å². The lowest BCUT2D eigenvalue weighted by molar-refractivity contribution is -0.116. The smallest absolute Gasteiger partial charge is 0.254 e. The van der Waals surface area contributed by atoms with Gasteiger partial charge < -0.3 is 10.2 Å². The van der Waals surface area contributed by atoms with Gasteiger partial charge in [0.25, 0.3) is 5.91 Å². The molecule has 2 amide bonds. The molecular weight excluding hydrogens is 356 g/mol. The normalized spacial score (nSPS) is 10.4. The second-order valence-electron chi connectivity index (χ2n) is 5.52. The maximum Gasteiger partial charge on any atom is 0.254 e. The second kappa shape index (κ2) is 7.75. The van der Waals surface area contributed by atoms with Gasteiger partial charge in [0.2, 0.25) is 5.91 Å². The number of hydrogen-bond acceptors (Lipinski definition) is 5. The monoisotopic (exact) mass is 370 g/mol. The zero-order valence-electron chi connectivity index (χ0n) is 13.8. The number of nitrogens with one attached hydrogen (secondary N) is 1. The van der Waals surface area contributed by atoms with Crippen LogP contribution in [0.4, 0.5) is 5.69 Å². The number of aromatic nitrogens is 4. The highest BCUT2D eigenvalue weighted by molar-refractivity contribution is 6.30. The van der Waals surface area contributed by atoms with E-state index in [1.165, 1.54) is 15.9 Å². The molecule has 26 heavy (non-hydrogen) atoms. The van der Waals surface area contributed by atoms with Gasteiger partial charge in [0.05, 0.1) is 12.2 Å². The van der Waals surface area contributed by atoms with Crippen molar-refractivity contribution in [1.82, 2.24) is 25.1 Å². The summed E-state index contributed by atoms with van der Waals surface area (Å²) in [5.74, 6) is -0.610. The van der Waals surface area contributed by atoms with E-state index in [0.29, 0.717) is 22.0 Å². The van der Waals surface area contributed by atoms with Crippen molar-refractivity contribution in [3.05, 3.63) is 65.4 Å². The number of anilines is 1. The van der Waals surface area contributed by atoms with Crippen LogP contribution < -0.4 is 5.32 Å². The summed E-state index contributed by atoms with van der Waals surface area (Å²) >= 11 is 5.89. The first kappa shape index (κ1) is 17.6. The van der Waals surface area contributed by atoms with Crippen molar-refractivity contribution in [3.8, 4) is 5.69 Å². The van der Waals surface area contributed by atoms with Gasteiger partial charge in [0.15, 0.2) is 0 Å². The highest BCUT2D eigenvalue weighted by Gasteiger charge is 2.16. The van der Waals surface area contributed by atoms with Gasteiger partial charge in [-0.25, -0.2) is 4.68 Å². The lowest BCUT2D eigenvalue weighted by Gasteiger charge is -2.17. The van der Waals surface area contributed by atoms with Gasteiger partial charge in [-0.3, -0.25) is 9.59 Å². The van der Waals surface area contributed by atoms with E-state index in [1.54, 1.807) is 55.6 Å². The Morgan fingerprint density at radius 2 is 2.00 bits per heavy atom. The number of likely N-dealkylation sites (N-methyl/N-ethyl adjacent to an activating group) is 1. The van der Waals surface area contributed by atoms with Gasteiger partial charge in [0, 0.05) is 23.3 Å². The van der Waals surface area contributed by atoms with Gasteiger partial charge in [-0.05, 0) is 46.8 Å². The maximum absolute atomic E-state index is 12.6. The molecule has 0 saturated heterocycles. The third-order valence-electron chi connectivity index (χ3n) is 3.54. The van der Waals surface area contributed by atoms with Gasteiger partial charge in [-0.15, -0.1) is 5.10 Å². The van der Waals surface area contributed by atoms with E-state index >= 15 is 0 Å². The first-order valence-corrected chi connectivity index (χ1v) is 8.05. The summed E-state index contributed by atoms with van der Waals surface area (Å²) in [5, 5.41) is 14.2. The summed E-state index contributed by atoms with van der Waals surface area (Å²) in [7, 11) is 1.56. The molecule has 9 heteroatoms. The molecule has 1 N–H and O–H groups in total. The number of tetrazole rings is 1. The summed E-state index contributed by atoms with van der Waals surface area (Å²) in [4.78, 5) is 26.0. The van der Waals surface area contributed by atoms with E-state index in [0.717, 1.165) is 0 Å². The van der Waals surface area contributed by atoms with Gasteiger partial charge in [-0.2, -0.15) is 0 Å². The molecule has 0 spiro atoms. The average Bonchev–Trinajstić information content (AvgIpc) is 3.15. The SMILES string of the molecule is CN(CC(=O)Nc1cccc(Cl)c1)C(=O)c1cccc(-n2cnnn2)c1. The molecule has 3 aromatic rings. The Hall–Kier alpha value is -3.26. The van der Waals surface area contributed by atoms with E-state index in [2.05, 4.69) is 20.8 Å². The topological polar surface area (TPSA) is 93.0 Å². The minimum atomic E-state index is -0.320. The number of halogens is 1.